The molecule has 0 heterocycles. The molecule has 0 aliphatic rings. The minimum Gasteiger partial charge on any atom is -0.322 e. The van der Waals surface area contributed by atoms with Crippen LogP contribution in [0, 0.1) is 6.92 Å². The van der Waals surface area contributed by atoms with E-state index in [0.717, 1.165) is 21.9 Å². The number of rotatable bonds is 5. The molecule has 0 atom stereocenters. The summed E-state index contributed by atoms with van der Waals surface area (Å²) in [5, 5.41) is 3.52. The molecule has 0 aliphatic heterocycles. The van der Waals surface area contributed by atoms with E-state index in [1.807, 2.05) is 43.3 Å². The SMILES string of the molecule is C=CCSc1ccccc1C(=O)Nc1cc(Cl)ccc1C. The van der Waals surface area contributed by atoms with Gasteiger partial charge >= 0.3 is 0 Å². The van der Waals surface area contributed by atoms with Gasteiger partial charge in [-0.15, -0.1) is 18.3 Å². The van der Waals surface area contributed by atoms with Crippen molar-refractivity contribution in [3.05, 3.63) is 71.3 Å². The van der Waals surface area contributed by atoms with Gasteiger partial charge in [0.15, 0.2) is 0 Å². The predicted molar refractivity (Wildman–Crippen MR) is 91.5 cm³/mol. The van der Waals surface area contributed by atoms with E-state index < -0.39 is 0 Å². The molecule has 2 aromatic carbocycles. The van der Waals surface area contributed by atoms with Gasteiger partial charge < -0.3 is 5.32 Å². The van der Waals surface area contributed by atoms with Crippen LogP contribution in [0.4, 0.5) is 5.69 Å². The minimum absolute atomic E-state index is 0.132. The Bertz CT molecular complexity index is 670. The average molecular weight is 318 g/mol. The van der Waals surface area contributed by atoms with Crippen molar-refractivity contribution >= 4 is 35.0 Å². The molecule has 0 spiro atoms. The Balaban J connectivity index is 2.24. The van der Waals surface area contributed by atoms with Crippen molar-refractivity contribution in [3.8, 4) is 0 Å². The van der Waals surface area contributed by atoms with Crippen molar-refractivity contribution in [2.24, 2.45) is 0 Å². The lowest BCUT2D eigenvalue weighted by Crippen LogP contribution is -2.13. The van der Waals surface area contributed by atoms with Crippen LogP contribution in [0.5, 0.6) is 0 Å². The first-order valence-corrected chi connectivity index (χ1v) is 7.88. The Labute approximate surface area is 134 Å². The Morgan fingerprint density at radius 2 is 2.10 bits per heavy atom. The van der Waals surface area contributed by atoms with Gasteiger partial charge in [-0.1, -0.05) is 35.9 Å². The number of halogens is 1. The summed E-state index contributed by atoms with van der Waals surface area (Å²) in [5.74, 6) is 0.632. The average Bonchev–Trinajstić information content (AvgIpc) is 2.49. The van der Waals surface area contributed by atoms with Crippen LogP contribution in [-0.4, -0.2) is 11.7 Å². The summed E-state index contributed by atoms with van der Waals surface area (Å²) in [6.07, 6.45) is 1.82. The van der Waals surface area contributed by atoms with Crippen molar-refractivity contribution in [1.82, 2.24) is 0 Å². The first-order chi connectivity index (χ1) is 10.1. The number of thioether (sulfide) groups is 1. The van der Waals surface area contributed by atoms with Crippen LogP contribution in [-0.2, 0) is 0 Å². The number of hydrogen-bond donors (Lipinski definition) is 1. The highest BCUT2D eigenvalue weighted by Crippen LogP contribution is 2.25. The molecule has 1 amide bonds. The zero-order chi connectivity index (χ0) is 15.2. The maximum absolute atomic E-state index is 12.5. The second kappa shape index (κ2) is 7.34. The van der Waals surface area contributed by atoms with Crippen molar-refractivity contribution in [1.29, 1.82) is 0 Å². The van der Waals surface area contributed by atoms with E-state index >= 15 is 0 Å². The van der Waals surface area contributed by atoms with Crippen LogP contribution in [0.3, 0.4) is 0 Å². The van der Waals surface area contributed by atoms with Gasteiger partial charge in [-0.25, -0.2) is 0 Å². The topological polar surface area (TPSA) is 29.1 Å². The summed E-state index contributed by atoms with van der Waals surface area (Å²) in [4.78, 5) is 13.4. The van der Waals surface area contributed by atoms with Gasteiger partial charge in [-0.05, 0) is 36.8 Å². The van der Waals surface area contributed by atoms with Crippen molar-refractivity contribution in [2.45, 2.75) is 11.8 Å². The second-order valence-electron chi connectivity index (χ2n) is 4.51. The number of benzene rings is 2. The zero-order valence-corrected chi connectivity index (χ0v) is 13.3. The van der Waals surface area contributed by atoms with E-state index in [4.69, 9.17) is 11.6 Å². The molecule has 4 heteroatoms. The van der Waals surface area contributed by atoms with Crippen LogP contribution in [0.1, 0.15) is 15.9 Å². The van der Waals surface area contributed by atoms with Crippen LogP contribution < -0.4 is 5.32 Å². The standard InChI is InChI=1S/C17H16ClNOS/c1-3-10-21-16-7-5-4-6-14(16)17(20)19-15-11-13(18)9-8-12(15)2/h3-9,11H,1,10H2,2H3,(H,19,20). The summed E-state index contributed by atoms with van der Waals surface area (Å²) >= 11 is 7.57. The monoisotopic (exact) mass is 317 g/mol. The Morgan fingerprint density at radius 3 is 2.86 bits per heavy atom. The lowest BCUT2D eigenvalue weighted by Gasteiger charge is -2.11. The van der Waals surface area contributed by atoms with E-state index in [1.165, 1.54) is 0 Å². The van der Waals surface area contributed by atoms with E-state index in [9.17, 15) is 4.79 Å². The third-order valence-electron chi connectivity index (χ3n) is 2.94. The third-order valence-corrected chi connectivity index (χ3v) is 4.24. The van der Waals surface area contributed by atoms with Crippen molar-refractivity contribution in [3.63, 3.8) is 0 Å². The molecule has 0 aromatic heterocycles. The normalized spacial score (nSPS) is 10.2. The lowest BCUT2D eigenvalue weighted by molar-refractivity contribution is 0.102. The maximum Gasteiger partial charge on any atom is 0.256 e. The first-order valence-electron chi connectivity index (χ1n) is 6.52. The fourth-order valence-electron chi connectivity index (χ4n) is 1.85. The molecule has 2 aromatic rings. The molecule has 0 bridgehead atoms. The van der Waals surface area contributed by atoms with E-state index in [1.54, 1.807) is 23.9 Å². The largest absolute Gasteiger partial charge is 0.322 e. The van der Waals surface area contributed by atoms with Gasteiger partial charge in [0.25, 0.3) is 5.91 Å². The Hall–Kier alpha value is -1.71. The molecule has 0 aliphatic carbocycles. The van der Waals surface area contributed by atoms with E-state index in [2.05, 4.69) is 11.9 Å². The Kier molecular flexibility index (Phi) is 5.48. The van der Waals surface area contributed by atoms with Gasteiger partial charge in [-0.2, -0.15) is 0 Å². The number of aryl methyl sites for hydroxylation is 1. The van der Waals surface area contributed by atoms with Gasteiger partial charge in [0.2, 0.25) is 0 Å². The smallest absolute Gasteiger partial charge is 0.256 e. The fourth-order valence-corrected chi connectivity index (χ4v) is 2.81. The summed E-state index contributed by atoms with van der Waals surface area (Å²) in [6, 6.07) is 13.0. The molecule has 2 nitrogen and oxygen atoms in total. The molecule has 0 fully saturated rings. The molecule has 0 saturated carbocycles. The van der Waals surface area contributed by atoms with Gasteiger partial charge in [0, 0.05) is 21.4 Å². The second-order valence-corrected chi connectivity index (χ2v) is 6.01. The summed E-state index contributed by atoms with van der Waals surface area (Å²) < 4.78 is 0. The van der Waals surface area contributed by atoms with Gasteiger partial charge in [0.1, 0.15) is 0 Å². The maximum atomic E-state index is 12.5. The molecule has 21 heavy (non-hydrogen) atoms. The number of carbonyl (C=O) groups excluding carboxylic acids is 1. The summed E-state index contributed by atoms with van der Waals surface area (Å²) in [7, 11) is 0. The van der Waals surface area contributed by atoms with Crippen molar-refractivity contribution in [2.75, 3.05) is 11.1 Å². The molecule has 1 N–H and O–H groups in total. The lowest BCUT2D eigenvalue weighted by atomic mass is 10.1. The Morgan fingerprint density at radius 1 is 1.33 bits per heavy atom. The highest BCUT2D eigenvalue weighted by Gasteiger charge is 2.12. The van der Waals surface area contributed by atoms with Gasteiger partial charge in [0.05, 0.1) is 5.56 Å². The third kappa shape index (κ3) is 4.13. The quantitative estimate of drug-likeness (QED) is 0.608. The molecular formula is C17H16ClNOS. The molecule has 108 valence electrons. The van der Waals surface area contributed by atoms with Crippen molar-refractivity contribution < 1.29 is 4.79 Å². The number of anilines is 1. The molecule has 0 unspecified atom stereocenters. The summed E-state index contributed by atoms with van der Waals surface area (Å²) in [6.45, 7) is 5.64. The number of carbonyl (C=O) groups is 1. The summed E-state index contributed by atoms with van der Waals surface area (Å²) in [5.41, 5.74) is 2.36. The number of nitrogens with one attached hydrogen (secondary N) is 1. The highest BCUT2D eigenvalue weighted by atomic mass is 35.5. The van der Waals surface area contributed by atoms with Crippen LogP contribution in [0.25, 0.3) is 0 Å². The van der Waals surface area contributed by atoms with E-state index in [0.29, 0.717) is 10.6 Å². The van der Waals surface area contributed by atoms with Crippen LogP contribution >= 0.6 is 23.4 Å². The molecule has 0 radical (unpaired) electrons. The first kappa shape index (κ1) is 15.7. The van der Waals surface area contributed by atoms with Gasteiger partial charge in [-0.3, -0.25) is 4.79 Å². The molecule has 0 saturated heterocycles. The molecule has 2 rings (SSSR count). The van der Waals surface area contributed by atoms with E-state index in [-0.39, 0.29) is 5.91 Å². The number of amides is 1. The minimum atomic E-state index is -0.132. The number of hydrogen-bond acceptors (Lipinski definition) is 2. The van der Waals surface area contributed by atoms with Crippen LogP contribution in [0.15, 0.2) is 60.0 Å². The highest BCUT2D eigenvalue weighted by molar-refractivity contribution is 7.99. The zero-order valence-electron chi connectivity index (χ0n) is 11.7. The predicted octanol–water partition coefficient (Wildman–Crippen LogP) is 5.18. The fraction of sp³-hybridized carbons (Fsp3) is 0.118. The van der Waals surface area contributed by atoms with Crippen LogP contribution in [0.2, 0.25) is 5.02 Å². The molecular weight excluding hydrogens is 302 g/mol.